The molecule has 0 aromatic heterocycles. The monoisotopic (exact) mass is 295 g/mol. The van der Waals surface area contributed by atoms with Crippen molar-refractivity contribution < 1.29 is 4.79 Å². The fourth-order valence-electron chi connectivity index (χ4n) is 2.84. The van der Waals surface area contributed by atoms with Crippen LogP contribution < -0.4 is 11.1 Å². The molecule has 1 aliphatic rings. The highest BCUT2D eigenvalue weighted by Gasteiger charge is 2.27. The van der Waals surface area contributed by atoms with Crippen molar-refractivity contribution in [3.8, 4) is 0 Å². The number of amides is 1. The van der Waals surface area contributed by atoms with E-state index in [1.165, 1.54) is 0 Å². The Morgan fingerprint density at radius 1 is 1.14 bits per heavy atom. The molecule has 1 aliphatic heterocycles. The average Bonchev–Trinajstić information content (AvgIpc) is 3.05. The van der Waals surface area contributed by atoms with Gasteiger partial charge in [0.15, 0.2) is 0 Å². The van der Waals surface area contributed by atoms with Crippen LogP contribution in [0.3, 0.4) is 0 Å². The molecule has 22 heavy (non-hydrogen) atoms. The van der Waals surface area contributed by atoms with Crippen LogP contribution in [0.25, 0.3) is 0 Å². The molecule has 1 saturated heterocycles. The highest BCUT2D eigenvalue weighted by Crippen LogP contribution is 2.24. The third kappa shape index (κ3) is 3.12. The number of rotatable bonds is 4. The van der Waals surface area contributed by atoms with Gasteiger partial charge in [0.25, 0.3) is 5.91 Å². The highest BCUT2D eigenvalue weighted by molar-refractivity contribution is 6.00. The van der Waals surface area contributed by atoms with E-state index >= 15 is 0 Å². The molecule has 1 unspecified atom stereocenters. The molecule has 4 nitrogen and oxygen atoms in total. The van der Waals surface area contributed by atoms with E-state index in [0.29, 0.717) is 18.0 Å². The summed E-state index contributed by atoms with van der Waals surface area (Å²) in [5.41, 5.74) is 8.25. The molecule has 0 spiro atoms. The van der Waals surface area contributed by atoms with Gasteiger partial charge in [0.2, 0.25) is 0 Å². The smallest absolute Gasteiger partial charge is 0.255 e. The Morgan fingerprint density at radius 2 is 1.86 bits per heavy atom. The van der Waals surface area contributed by atoms with E-state index in [-0.39, 0.29) is 5.91 Å². The number of benzene rings is 2. The van der Waals surface area contributed by atoms with Gasteiger partial charge >= 0.3 is 0 Å². The minimum absolute atomic E-state index is 0.0787. The maximum absolute atomic E-state index is 12.8. The molecule has 3 rings (SSSR count). The molecular weight excluding hydrogens is 274 g/mol. The third-order valence-electron chi connectivity index (χ3n) is 4.12. The number of nitrogens with zero attached hydrogens (tertiary/aromatic N) is 1. The van der Waals surface area contributed by atoms with Crippen molar-refractivity contribution in [1.82, 2.24) is 4.90 Å². The predicted octanol–water partition coefficient (Wildman–Crippen LogP) is 2.85. The Labute approximate surface area is 130 Å². The Balaban J connectivity index is 1.80. The lowest BCUT2D eigenvalue weighted by molar-refractivity contribution is 0.0788. The van der Waals surface area contributed by atoms with Crippen molar-refractivity contribution in [3.05, 3.63) is 60.2 Å². The lowest BCUT2D eigenvalue weighted by Gasteiger charge is -2.19. The first-order chi connectivity index (χ1) is 10.8. The molecule has 0 bridgehead atoms. The van der Waals surface area contributed by atoms with Crippen molar-refractivity contribution in [3.63, 3.8) is 0 Å². The van der Waals surface area contributed by atoms with E-state index in [9.17, 15) is 4.79 Å². The van der Waals surface area contributed by atoms with Gasteiger partial charge < -0.3 is 16.0 Å². The zero-order chi connectivity index (χ0) is 15.4. The minimum Gasteiger partial charge on any atom is -0.355 e. The fraction of sp³-hybridized carbons (Fsp3) is 0.278. The van der Waals surface area contributed by atoms with Crippen molar-refractivity contribution in [2.75, 3.05) is 25.0 Å². The van der Waals surface area contributed by atoms with Gasteiger partial charge in [-0.2, -0.15) is 0 Å². The van der Waals surface area contributed by atoms with Gasteiger partial charge in [-0.05, 0) is 43.1 Å². The van der Waals surface area contributed by atoms with Crippen molar-refractivity contribution in [2.24, 2.45) is 11.7 Å². The highest BCUT2D eigenvalue weighted by atomic mass is 16.2. The Morgan fingerprint density at radius 3 is 2.59 bits per heavy atom. The molecule has 114 valence electrons. The van der Waals surface area contributed by atoms with Gasteiger partial charge in [-0.3, -0.25) is 4.79 Å². The van der Waals surface area contributed by atoms with Crippen LogP contribution in [0, 0.1) is 5.92 Å². The van der Waals surface area contributed by atoms with Crippen molar-refractivity contribution in [1.29, 1.82) is 0 Å². The average molecular weight is 295 g/mol. The molecule has 2 aromatic rings. The van der Waals surface area contributed by atoms with Crippen LogP contribution in [0.15, 0.2) is 54.6 Å². The zero-order valence-corrected chi connectivity index (χ0v) is 12.5. The SMILES string of the molecule is NCC1CCN(C(=O)c2ccccc2Nc2ccccc2)C1. The summed E-state index contributed by atoms with van der Waals surface area (Å²) in [6, 6.07) is 17.6. The van der Waals surface area contributed by atoms with Gasteiger partial charge in [0, 0.05) is 18.8 Å². The molecular formula is C18H21N3O. The van der Waals surface area contributed by atoms with Crippen LogP contribution in [0.4, 0.5) is 11.4 Å². The standard InChI is InChI=1S/C18H21N3O/c19-12-14-10-11-21(13-14)18(22)16-8-4-5-9-17(16)20-15-6-2-1-3-7-15/h1-9,14,20H,10-13,19H2. The number of carbonyl (C=O) groups is 1. The van der Waals surface area contributed by atoms with E-state index < -0.39 is 0 Å². The van der Waals surface area contributed by atoms with E-state index in [1.807, 2.05) is 59.5 Å². The van der Waals surface area contributed by atoms with Crippen LogP contribution >= 0.6 is 0 Å². The number of hydrogen-bond acceptors (Lipinski definition) is 3. The third-order valence-corrected chi connectivity index (χ3v) is 4.12. The van der Waals surface area contributed by atoms with Crippen LogP contribution in [0.2, 0.25) is 0 Å². The van der Waals surface area contributed by atoms with Gasteiger partial charge in [0.05, 0.1) is 11.3 Å². The second kappa shape index (κ2) is 6.62. The van der Waals surface area contributed by atoms with Crippen LogP contribution in [-0.4, -0.2) is 30.4 Å². The number of likely N-dealkylation sites (tertiary alicyclic amines) is 1. The van der Waals surface area contributed by atoms with E-state index in [1.54, 1.807) is 0 Å². The van der Waals surface area contributed by atoms with Crippen LogP contribution in [0.1, 0.15) is 16.8 Å². The van der Waals surface area contributed by atoms with Gasteiger partial charge in [-0.1, -0.05) is 30.3 Å². The first-order valence-electron chi connectivity index (χ1n) is 7.68. The zero-order valence-electron chi connectivity index (χ0n) is 12.5. The fourth-order valence-corrected chi connectivity index (χ4v) is 2.84. The molecule has 1 atom stereocenters. The summed E-state index contributed by atoms with van der Waals surface area (Å²) < 4.78 is 0. The molecule has 1 heterocycles. The number of nitrogens with one attached hydrogen (secondary N) is 1. The molecule has 4 heteroatoms. The topological polar surface area (TPSA) is 58.4 Å². The van der Waals surface area contributed by atoms with E-state index in [2.05, 4.69) is 5.32 Å². The second-order valence-corrected chi connectivity index (χ2v) is 5.68. The number of anilines is 2. The molecule has 2 aromatic carbocycles. The summed E-state index contributed by atoms with van der Waals surface area (Å²) >= 11 is 0. The Bertz CT molecular complexity index is 642. The Kier molecular flexibility index (Phi) is 4.39. The maximum atomic E-state index is 12.8. The first kappa shape index (κ1) is 14.6. The minimum atomic E-state index is 0.0787. The Hall–Kier alpha value is -2.33. The summed E-state index contributed by atoms with van der Waals surface area (Å²) in [6.45, 7) is 2.20. The summed E-state index contributed by atoms with van der Waals surface area (Å²) in [4.78, 5) is 14.7. The summed E-state index contributed by atoms with van der Waals surface area (Å²) in [5, 5.41) is 3.33. The van der Waals surface area contributed by atoms with Crippen molar-refractivity contribution >= 4 is 17.3 Å². The normalized spacial score (nSPS) is 17.5. The summed E-state index contributed by atoms with van der Waals surface area (Å²) in [5.74, 6) is 0.508. The molecule has 0 radical (unpaired) electrons. The number of nitrogens with two attached hydrogens (primary N) is 1. The van der Waals surface area contributed by atoms with Crippen LogP contribution in [-0.2, 0) is 0 Å². The lowest BCUT2D eigenvalue weighted by Crippen LogP contribution is -2.30. The number of hydrogen-bond donors (Lipinski definition) is 2. The lowest BCUT2D eigenvalue weighted by atomic mass is 10.1. The first-order valence-corrected chi connectivity index (χ1v) is 7.68. The second-order valence-electron chi connectivity index (χ2n) is 5.68. The van der Waals surface area contributed by atoms with Crippen molar-refractivity contribution in [2.45, 2.75) is 6.42 Å². The number of carbonyl (C=O) groups excluding carboxylic acids is 1. The maximum Gasteiger partial charge on any atom is 0.255 e. The summed E-state index contributed by atoms with van der Waals surface area (Å²) in [6.07, 6.45) is 0.997. The quantitative estimate of drug-likeness (QED) is 0.912. The van der Waals surface area contributed by atoms with E-state index in [4.69, 9.17) is 5.73 Å². The van der Waals surface area contributed by atoms with E-state index in [0.717, 1.165) is 30.9 Å². The largest absolute Gasteiger partial charge is 0.355 e. The molecule has 0 aliphatic carbocycles. The molecule has 3 N–H and O–H groups in total. The molecule has 1 amide bonds. The number of para-hydroxylation sites is 2. The van der Waals surface area contributed by atoms with Gasteiger partial charge in [-0.15, -0.1) is 0 Å². The van der Waals surface area contributed by atoms with Gasteiger partial charge in [0.1, 0.15) is 0 Å². The predicted molar refractivity (Wildman–Crippen MR) is 89.2 cm³/mol. The molecule has 0 saturated carbocycles. The van der Waals surface area contributed by atoms with Gasteiger partial charge in [-0.25, -0.2) is 0 Å². The summed E-state index contributed by atoms with van der Waals surface area (Å²) in [7, 11) is 0. The molecule has 1 fully saturated rings. The van der Waals surface area contributed by atoms with Crippen LogP contribution in [0.5, 0.6) is 0 Å².